The van der Waals surface area contributed by atoms with Gasteiger partial charge in [0.15, 0.2) is 0 Å². The highest BCUT2D eigenvalue weighted by Gasteiger charge is 2.11. The summed E-state index contributed by atoms with van der Waals surface area (Å²) in [5.41, 5.74) is 3.02. The van der Waals surface area contributed by atoms with E-state index >= 15 is 0 Å². The van der Waals surface area contributed by atoms with E-state index in [1.807, 2.05) is 0 Å². The maximum absolute atomic E-state index is 3.50. The molecule has 0 N–H and O–H groups in total. The summed E-state index contributed by atoms with van der Waals surface area (Å²) in [5, 5.41) is 0. The molecule has 1 rings (SSSR count). The lowest BCUT2D eigenvalue weighted by Crippen LogP contribution is -2.09. The molecule has 0 amide bonds. The first kappa shape index (κ1) is 11.3. The van der Waals surface area contributed by atoms with Crippen LogP contribution < -0.4 is 0 Å². The highest BCUT2D eigenvalue weighted by Crippen LogP contribution is 2.22. The lowest BCUT2D eigenvalue weighted by molar-refractivity contribution is 0.411. The summed E-state index contributed by atoms with van der Waals surface area (Å²) in [5.74, 6) is 0.579. The molecule has 14 heavy (non-hydrogen) atoms. The van der Waals surface area contributed by atoms with Crippen LogP contribution >= 0.6 is 0 Å². The minimum atomic E-state index is 0.353. The summed E-state index contributed by atoms with van der Waals surface area (Å²) < 4.78 is 0. The molecule has 0 atom stereocenters. The van der Waals surface area contributed by atoms with Gasteiger partial charge in [0.2, 0.25) is 0 Å². The van der Waals surface area contributed by atoms with Crippen molar-refractivity contribution in [3.8, 4) is 0 Å². The average Bonchev–Trinajstić information content (AvgIpc) is 2.01. The first-order valence-electron chi connectivity index (χ1n) is 5.39. The Morgan fingerprint density at radius 3 is 2.36 bits per heavy atom. The van der Waals surface area contributed by atoms with E-state index in [0.29, 0.717) is 11.3 Å². The second kappa shape index (κ2) is 4.16. The van der Waals surface area contributed by atoms with Gasteiger partial charge in [-0.3, -0.25) is 0 Å². The van der Waals surface area contributed by atoms with E-state index in [2.05, 4.69) is 58.9 Å². The third kappa shape index (κ3) is 3.53. The quantitative estimate of drug-likeness (QED) is 0.654. The number of benzene rings is 1. The fourth-order valence-corrected chi connectivity index (χ4v) is 1.55. The first-order valence-corrected chi connectivity index (χ1v) is 5.39. The standard InChI is InChI=1S/C14H21/c1-11(2)13-8-6-7-12(9-13)10-14(3,4)5/h6-8,11H,10H2,1-5H3. The molecule has 0 bridgehead atoms. The molecule has 0 saturated heterocycles. The highest BCUT2D eigenvalue weighted by molar-refractivity contribution is 5.24. The maximum atomic E-state index is 3.50. The van der Waals surface area contributed by atoms with Gasteiger partial charge in [0.05, 0.1) is 0 Å². The summed E-state index contributed by atoms with van der Waals surface area (Å²) in [7, 11) is 0. The summed E-state index contributed by atoms with van der Waals surface area (Å²) in [6, 6.07) is 9.99. The zero-order valence-corrected chi connectivity index (χ0v) is 10.0. The average molecular weight is 189 g/mol. The molecule has 0 aliphatic carbocycles. The van der Waals surface area contributed by atoms with E-state index in [9.17, 15) is 0 Å². The Kier molecular flexibility index (Phi) is 3.36. The maximum Gasteiger partial charge on any atom is -0.0111 e. The van der Waals surface area contributed by atoms with E-state index in [-0.39, 0.29) is 0 Å². The zero-order valence-electron chi connectivity index (χ0n) is 10.0. The smallest absolute Gasteiger partial charge is 0.0111 e. The molecule has 1 aromatic rings. The predicted molar refractivity (Wildman–Crippen MR) is 62.5 cm³/mol. The fourth-order valence-electron chi connectivity index (χ4n) is 1.55. The van der Waals surface area contributed by atoms with Gasteiger partial charge in [-0.1, -0.05) is 52.8 Å². The van der Waals surface area contributed by atoms with Gasteiger partial charge in [0.1, 0.15) is 0 Å². The van der Waals surface area contributed by atoms with Gasteiger partial charge < -0.3 is 0 Å². The molecule has 0 aliphatic rings. The third-order valence-electron chi connectivity index (χ3n) is 2.22. The van der Waals surface area contributed by atoms with Gasteiger partial charge in [-0.25, -0.2) is 0 Å². The molecule has 0 unspecified atom stereocenters. The molecule has 1 radical (unpaired) electrons. The summed E-state index contributed by atoms with van der Waals surface area (Å²) in [4.78, 5) is 0. The molecule has 0 heteroatoms. The van der Waals surface area contributed by atoms with Crippen molar-refractivity contribution < 1.29 is 0 Å². The number of hydrogen-bond donors (Lipinski definition) is 0. The van der Waals surface area contributed by atoms with Gasteiger partial charge in [-0.05, 0) is 34.9 Å². The molecular weight excluding hydrogens is 168 g/mol. The molecule has 0 fully saturated rings. The van der Waals surface area contributed by atoms with Gasteiger partial charge in [-0.2, -0.15) is 0 Å². The van der Waals surface area contributed by atoms with Crippen molar-refractivity contribution in [2.75, 3.05) is 0 Å². The number of rotatable bonds is 2. The van der Waals surface area contributed by atoms with Crippen molar-refractivity contribution in [3.63, 3.8) is 0 Å². The van der Waals surface area contributed by atoms with Crippen LogP contribution in [-0.4, -0.2) is 0 Å². The summed E-state index contributed by atoms with van der Waals surface area (Å²) >= 11 is 0. The SMILES string of the molecule is CC(C)c1[c]c(CC(C)(C)C)ccc1. The minimum absolute atomic E-state index is 0.353. The third-order valence-corrected chi connectivity index (χ3v) is 2.22. The van der Waals surface area contributed by atoms with Gasteiger partial charge in [0.25, 0.3) is 0 Å². The van der Waals surface area contributed by atoms with Crippen molar-refractivity contribution in [1.29, 1.82) is 0 Å². The lowest BCUT2D eigenvalue weighted by Gasteiger charge is -2.18. The Labute approximate surface area is 88.4 Å². The Hall–Kier alpha value is -0.780. The molecule has 0 heterocycles. The normalized spacial score (nSPS) is 12.1. The highest BCUT2D eigenvalue weighted by atomic mass is 14.2. The van der Waals surface area contributed by atoms with Crippen LogP contribution in [0.2, 0.25) is 0 Å². The van der Waals surface area contributed by atoms with Crippen LogP contribution in [0.1, 0.15) is 51.7 Å². The Balaban J connectivity index is 2.84. The first-order chi connectivity index (χ1) is 6.38. The molecule has 1 aromatic carbocycles. The van der Waals surface area contributed by atoms with Crippen LogP contribution in [0.3, 0.4) is 0 Å². The van der Waals surface area contributed by atoms with Crippen molar-refractivity contribution in [3.05, 3.63) is 35.4 Å². The van der Waals surface area contributed by atoms with Crippen molar-refractivity contribution in [2.24, 2.45) is 5.41 Å². The second-order valence-corrected chi connectivity index (χ2v) is 5.52. The zero-order chi connectivity index (χ0) is 10.8. The number of hydrogen-bond acceptors (Lipinski definition) is 0. The van der Waals surface area contributed by atoms with E-state index in [4.69, 9.17) is 0 Å². The Bertz CT molecular complexity index is 289. The van der Waals surface area contributed by atoms with E-state index < -0.39 is 0 Å². The van der Waals surface area contributed by atoms with Crippen molar-refractivity contribution in [2.45, 2.75) is 47.0 Å². The monoisotopic (exact) mass is 189 g/mol. The minimum Gasteiger partial charge on any atom is -0.0617 e. The second-order valence-electron chi connectivity index (χ2n) is 5.52. The van der Waals surface area contributed by atoms with Crippen molar-refractivity contribution >= 4 is 0 Å². The van der Waals surface area contributed by atoms with Crippen LogP contribution in [0.4, 0.5) is 0 Å². The van der Waals surface area contributed by atoms with Gasteiger partial charge >= 0.3 is 0 Å². The Morgan fingerprint density at radius 2 is 1.86 bits per heavy atom. The van der Waals surface area contributed by atoms with Crippen LogP contribution in [0.5, 0.6) is 0 Å². The van der Waals surface area contributed by atoms with E-state index in [1.54, 1.807) is 0 Å². The predicted octanol–water partition coefficient (Wildman–Crippen LogP) is 4.20. The molecule has 0 saturated carbocycles. The van der Waals surface area contributed by atoms with Gasteiger partial charge in [-0.15, -0.1) is 0 Å². The lowest BCUT2D eigenvalue weighted by atomic mass is 9.87. The van der Waals surface area contributed by atoms with Crippen LogP contribution in [0.15, 0.2) is 18.2 Å². The largest absolute Gasteiger partial charge is 0.0617 e. The van der Waals surface area contributed by atoms with Crippen molar-refractivity contribution in [1.82, 2.24) is 0 Å². The van der Waals surface area contributed by atoms with Crippen LogP contribution in [0.25, 0.3) is 0 Å². The van der Waals surface area contributed by atoms with Crippen LogP contribution in [0, 0.1) is 11.5 Å². The molecular formula is C14H21. The molecule has 0 aromatic heterocycles. The molecule has 0 spiro atoms. The van der Waals surface area contributed by atoms with Gasteiger partial charge in [0, 0.05) is 0 Å². The topological polar surface area (TPSA) is 0 Å². The molecule has 0 nitrogen and oxygen atoms in total. The Morgan fingerprint density at radius 1 is 1.21 bits per heavy atom. The van der Waals surface area contributed by atoms with Crippen LogP contribution in [-0.2, 0) is 6.42 Å². The molecule has 77 valence electrons. The summed E-state index contributed by atoms with van der Waals surface area (Å²) in [6.45, 7) is 11.2. The van der Waals surface area contributed by atoms with E-state index in [0.717, 1.165) is 6.42 Å². The van der Waals surface area contributed by atoms with E-state index in [1.165, 1.54) is 11.1 Å². The fraction of sp³-hybridized carbons (Fsp3) is 0.571. The molecule has 0 aliphatic heterocycles. The summed E-state index contributed by atoms with van der Waals surface area (Å²) in [6.07, 6.45) is 1.10.